The highest BCUT2D eigenvalue weighted by Gasteiger charge is 2.54. The molecule has 12 nitrogen and oxygen atoms in total. The van der Waals surface area contributed by atoms with Gasteiger partial charge in [-0.2, -0.15) is 49.8 Å². The molecule has 0 unspecified atom stereocenters. The van der Waals surface area contributed by atoms with Crippen LogP contribution in [0.5, 0.6) is 0 Å². The summed E-state index contributed by atoms with van der Waals surface area (Å²) in [6, 6.07) is 14.5. The molecule has 1 fully saturated rings. The van der Waals surface area contributed by atoms with Crippen molar-refractivity contribution in [1.29, 1.82) is 5.26 Å². The van der Waals surface area contributed by atoms with E-state index in [1.54, 1.807) is 18.3 Å². The first-order valence-electron chi connectivity index (χ1n) is 17.2. The third kappa shape index (κ3) is 13.3. The number of anilines is 6. The molecule has 1 saturated heterocycles. The second-order valence-corrected chi connectivity index (χ2v) is 13.2. The van der Waals surface area contributed by atoms with Gasteiger partial charge in [0.1, 0.15) is 22.5 Å². The Morgan fingerprint density at radius 2 is 1.55 bits per heavy atom. The molecule has 4 aromatic rings. The molecular formula is C37H29ClF10N8O4. The molecule has 2 aliphatic heterocycles. The summed E-state index contributed by atoms with van der Waals surface area (Å²) in [6.07, 6.45) is -8.81. The number of pyridine rings is 1. The minimum absolute atomic E-state index is 0.0480. The van der Waals surface area contributed by atoms with Gasteiger partial charge in [0.05, 0.1) is 23.8 Å². The fourth-order valence-corrected chi connectivity index (χ4v) is 5.88. The number of carbonyl (C=O) groups excluding carboxylic acids is 4. The number of fused-ring (bicyclic) bond motifs is 6. The molecule has 0 aliphatic carbocycles. The third-order valence-corrected chi connectivity index (χ3v) is 8.78. The largest absolute Gasteiger partial charge is 0.458 e. The molecule has 0 spiro atoms. The van der Waals surface area contributed by atoms with E-state index in [1.165, 1.54) is 12.3 Å². The number of Topliss-reactive ketones (excluding diaryl/α,β-unsaturated/α-hetero) is 2. The lowest BCUT2D eigenvalue weighted by Crippen LogP contribution is -2.39. The minimum atomic E-state index is -5.77. The number of hydrogen-bond donors (Lipinski definition) is 3. The zero-order valence-corrected chi connectivity index (χ0v) is 31.2. The lowest BCUT2D eigenvalue weighted by atomic mass is 9.92. The molecule has 23 heteroatoms. The summed E-state index contributed by atoms with van der Waals surface area (Å²) in [5.41, 5.74) is 5.02. The van der Waals surface area contributed by atoms with E-state index in [-0.39, 0.29) is 17.4 Å². The van der Waals surface area contributed by atoms with Crippen LogP contribution in [0.15, 0.2) is 61.1 Å². The number of rotatable bonds is 5. The first kappa shape index (κ1) is 46.3. The van der Waals surface area contributed by atoms with Gasteiger partial charge in [0.2, 0.25) is 18.1 Å². The number of carbonyl (C=O) groups is 4. The number of piperidine rings is 1. The standard InChI is InChI=1S/C31H28ClFN8O.C4F6O2.C2HF3O/c32-25-18-36-31-38-23-12-20(16-35-17-23)4-5-21-14-22(37-30(25)40-31)6-7-27(21)39-29(42)13-19-8-10-41(11-9-19)28-3-1-2-26(33)24(28)15-34;5-3(6,7)1(11)2(12)4(8,9)10;3-2(4,5)1-6/h1-3,6-7,12,14,16-19H,4-5,8-11,13H2,(H,39,42)(H2,36,37,38,40);;1H. The van der Waals surface area contributed by atoms with E-state index < -0.39 is 42.2 Å². The van der Waals surface area contributed by atoms with Crippen molar-refractivity contribution in [1.82, 2.24) is 15.0 Å². The maximum absolute atomic E-state index is 14.1. The Morgan fingerprint density at radius 1 is 0.900 bits per heavy atom. The first-order chi connectivity index (χ1) is 28.1. The zero-order valence-electron chi connectivity index (χ0n) is 30.4. The minimum Gasteiger partial charge on any atom is -0.370 e. The number of aryl methyl sites for hydroxylation is 2. The lowest BCUT2D eigenvalue weighted by molar-refractivity contribution is -0.193. The molecule has 2 aromatic carbocycles. The number of benzene rings is 2. The number of nitrogens with zero attached hydrogens (tertiary/aromatic N) is 5. The van der Waals surface area contributed by atoms with Gasteiger partial charge >= 0.3 is 30.1 Å². The second kappa shape index (κ2) is 19.6. The average molecular weight is 875 g/mol. The van der Waals surface area contributed by atoms with Crippen LogP contribution in [0.1, 0.15) is 36.0 Å². The molecule has 318 valence electrons. The van der Waals surface area contributed by atoms with Crippen molar-refractivity contribution >= 4 is 69.9 Å². The van der Waals surface area contributed by atoms with E-state index in [2.05, 4.69) is 30.9 Å². The maximum atomic E-state index is 14.1. The van der Waals surface area contributed by atoms with E-state index in [9.17, 15) is 63.5 Å². The molecule has 0 saturated carbocycles. The lowest BCUT2D eigenvalue weighted by Gasteiger charge is -2.34. The highest BCUT2D eigenvalue weighted by Crippen LogP contribution is 2.32. The van der Waals surface area contributed by atoms with Crippen LogP contribution >= 0.6 is 11.6 Å². The van der Waals surface area contributed by atoms with Crippen molar-refractivity contribution in [2.75, 3.05) is 33.9 Å². The molecule has 2 aromatic heterocycles. The van der Waals surface area contributed by atoms with Gasteiger partial charge in [-0.15, -0.1) is 0 Å². The van der Waals surface area contributed by atoms with Gasteiger partial charge in [0.25, 0.3) is 0 Å². The predicted octanol–water partition coefficient (Wildman–Crippen LogP) is 8.36. The summed E-state index contributed by atoms with van der Waals surface area (Å²) in [6.45, 7) is 1.33. The Bertz CT molecular complexity index is 2230. The summed E-state index contributed by atoms with van der Waals surface area (Å²) in [5, 5.41) is 19.4. The number of alkyl halides is 9. The van der Waals surface area contributed by atoms with E-state index >= 15 is 0 Å². The summed E-state index contributed by atoms with van der Waals surface area (Å²) in [4.78, 5) is 56.3. The van der Waals surface area contributed by atoms with Gasteiger partial charge < -0.3 is 20.9 Å². The number of amides is 1. The normalized spacial score (nSPS) is 14.0. The van der Waals surface area contributed by atoms with Crippen molar-refractivity contribution in [3.63, 3.8) is 0 Å². The SMILES string of the molecule is N#Cc1c(F)cccc1N1CCC(CC(=O)Nc2ccc3cc2CCc2cncc(c2)Nc2ncc(Cl)c(n2)N3)CC1.O=C(C(=O)C(F)(F)F)C(F)(F)F.O=CC(F)(F)F. The maximum Gasteiger partial charge on any atom is 0.458 e. The molecule has 1 amide bonds. The van der Waals surface area contributed by atoms with Gasteiger partial charge in [-0.25, -0.2) is 9.37 Å². The third-order valence-electron chi connectivity index (χ3n) is 8.51. The van der Waals surface area contributed by atoms with E-state index in [1.807, 2.05) is 41.4 Å². The Morgan fingerprint density at radius 3 is 2.15 bits per heavy atom. The Labute approximate surface area is 338 Å². The Balaban J connectivity index is 0.000000370. The Hall–Kier alpha value is -6.37. The van der Waals surface area contributed by atoms with Crippen LogP contribution in [0.25, 0.3) is 0 Å². The van der Waals surface area contributed by atoms with Crippen molar-refractivity contribution in [2.24, 2.45) is 5.92 Å². The fraction of sp³-hybridized carbons (Fsp3) is 0.297. The number of nitriles is 1. The highest BCUT2D eigenvalue weighted by atomic mass is 35.5. The molecule has 0 radical (unpaired) electrons. The van der Waals surface area contributed by atoms with Crippen LogP contribution in [-0.2, 0) is 32.0 Å². The van der Waals surface area contributed by atoms with Gasteiger partial charge in [0, 0.05) is 37.1 Å². The molecule has 6 bridgehead atoms. The molecule has 4 heterocycles. The molecule has 3 N–H and O–H groups in total. The quantitative estimate of drug-likeness (QED) is 0.100. The highest BCUT2D eigenvalue weighted by molar-refractivity contribution is 6.41. The first-order valence-corrected chi connectivity index (χ1v) is 17.6. The number of aromatic nitrogens is 3. The van der Waals surface area contributed by atoms with Crippen LogP contribution < -0.4 is 20.9 Å². The van der Waals surface area contributed by atoms with E-state index in [0.717, 1.165) is 47.5 Å². The van der Waals surface area contributed by atoms with Crippen molar-refractivity contribution in [3.05, 3.63) is 88.6 Å². The van der Waals surface area contributed by atoms with Crippen LogP contribution in [0, 0.1) is 23.1 Å². The number of nitrogens with one attached hydrogen (secondary N) is 3. The fourth-order valence-electron chi connectivity index (χ4n) is 5.74. The summed E-state index contributed by atoms with van der Waals surface area (Å²) < 4.78 is 112. The number of halogens is 11. The predicted molar refractivity (Wildman–Crippen MR) is 195 cm³/mol. The van der Waals surface area contributed by atoms with Crippen LogP contribution in [0.2, 0.25) is 5.02 Å². The van der Waals surface area contributed by atoms with Crippen molar-refractivity contribution in [2.45, 2.75) is 50.6 Å². The van der Waals surface area contributed by atoms with Gasteiger partial charge in [-0.1, -0.05) is 17.7 Å². The van der Waals surface area contributed by atoms with Crippen molar-refractivity contribution < 1.29 is 63.1 Å². The van der Waals surface area contributed by atoms with Gasteiger partial charge in [-0.3, -0.25) is 24.2 Å². The molecule has 0 atom stereocenters. The topological polar surface area (TPSA) is 170 Å². The molecule has 60 heavy (non-hydrogen) atoms. The van der Waals surface area contributed by atoms with Crippen molar-refractivity contribution in [3.8, 4) is 6.07 Å². The number of hydrogen-bond acceptors (Lipinski definition) is 11. The summed E-state index contributed by atoms with van der Waals surface area (Å²) in [5.74, 6) is -6.31. The second-order valence-electron chi connectivity index (χ2n) is 12.8. The average Bonchev–Trinajstić information content (AvgIpc) is 3.18. The van der Waals surface area contributed by atoms with Crippen LogP contribution in [0.3, 0.4) is 0 Å². The summed E-state index contributed by atoms with van der Waals surface area (Å²) in [7, 11) is 0. The monoisotopic (exact) mass is 874 g/mol. The smallest absolute Gasteiger partial charge is 0.370 e. The van der Waals surface area contributed by atoms with Gasteiger partial charge in [-0.05, 0) is 79.1 Å². The van der Waals surface area contributed by atoms with Gasteiger partial charge in [0.15, 0.2) is 5.82 Å². The number of ketones is 2. The van der Waals surface area contributed by atoms with Crippen LogP contribution in [-0.4, -0.2) is 70.3 Å². The zero-order chi connectivity index (χ0) is 44.4. The molecule has 6 rings (SSSR count). The number of aldehydes is 1. The van der Waals surface area contributed by atoms with E-state index in [4.69, 9.17) is 16.4 Å². The molecular weight excluding hydrogens is 846 g/mol. The Kier molecular flexibility index (Phi) is 15.1. The van der Waals surface area contributed by atoms with E-state index in [0.29, 0.717) is 48.4 Å². The van der Waals surface area contributed by atoms with Crippen LogP contribution in [0.4, 0.5) is 78.4 Å². The molecule has 2 aliphatic rings. The summed E-state index contributed by atoms with van der Waals surface area (Å²) >= 11 is 6.37.